The fourth-order valence-electron chi connectivity index (χ4n) is 4.10. The van der Waals surface area contributed by atoms with Crippen molar-refractivity contribution in [3.8, 4) is 0 Å². The lowest BCUT2D eigenvalue weighted by atomic mass is 9.96. The Bertz CT molecular complexity index is 1080. The molecule has 0 atom stereocenters. The van der Waals surface area contributed by atoms with Gasteiger partial charge in [0.2, 0.25) is 0 Å². The lowest BCUT2D eigenvalue weighted by Gasteiger charge is -2.09. The summed E-state index contributed by atoms with van der Waals surface area (Å²) in [4.78, 5) is 0. The van der Waals surface area contributed by atoms with Crippen molar-refractivity contribution < 1.29 is 0 Å². The SMILES string of the molecule is Cc1cc(C)c(C=c2ccc(C)cc2=Cc2c(C)cc(C)cc2C)c(C)c1. The summed E-state index contributed by atoms with van der Waals surface area (Å²) in [6.45, 7) is 15.3. The summed E-state index contributed by atoms with van der Waals surface area (Å²) in [5.41, 5.74) is 11.9. The van der Waals surface area contributed by atoms with Crippen LogP contribution >= 0.6 is 0 Å². The molecule has 0 amide bonds. The van der Waals surface area contributed by atoms with Gasteiger partial charge in [-0.2, -0.15) is 0 Å². The molecule has 0 N–H and O–H groups in total. The molecule has 0 aliphatic carbocycles. The third-order valence-corrected chi connectivity index (χ3v) is 5.32. The zero-order valence-electron chi connectivity index (χ0n) is 17.7. The van der Waals surface area contributed by atoms with E-state index in [0.29, 0.717) is 0 Å². The second kappa shape index (κ2) is 7.56. The molecule has 0 spiro atoms. The first kappa shape index (κ1) is 19.2. The maximum atomic E-state index is 2.35. The highest BCUT2D eigenvalue weighted by Gasteiger charge is 2.03. The van der Waals surface area contributed by atoms with Crippen LogP contribution in [0.3, 0.4) is 0 Å². The van der Waals surface area contributed by atoms with E-state index in [0.717, 1.165) is 0 Å². The van der Waals surface area contributed by atoms with Crippen molar-refractivity contribution in [3.05, 3.63) is 103 Å². The first-order chi connectivity index (χ1) is 12.7. The van der Waals surface area contributed by atoms with Crippen LogP contribution in [-0.4, -0.2) is 0 Å². The maximum absolute atomic E-state index is 2.35. The van der Waals surface area contributed by atoms with Gasteiger partial charge in [0.1, 0.15) is 0 Å². The molecule has 0 radical (unpaired) electrons. The molecule has 3 rings (SSSR count). The average molecular weight is 355 g/mol. The van der Waals surface area contributed by atoms with E-state index in [4.69, 9.17) is 0 Å². The van der Waals surface area contributed by atoms with Crippen molar-refractivity contribution in [1.29, 1.82) is 0 Å². The molecule has 0 heteroatoms. The van der Waals surface area contributed by atoms with Crippen LogP contribution in [0.25, 0.3) is 12.2 Å². The fourth-order valence-corrected chi connectivity index (χ4v) is 4.10. The number of hydrogen-bond donors (Lipinski definition) is 0. The van der Waals surface area contributed by atoms with Gasteiger partial charge in [-0.05, 0) is 104 Å². The summed E-state index contributed by atoms with van der Waals surface area (Å²) in [5.74, 6) is 0. The van der Waals surface area contributed by atoms with E-state index in [-0.39, 0.29) is 0 Å². The van der Waals surface area contributed by atoms with E-state index in [1.54, 1.807) is 0 Å². The van der Waals surface area contributed by atoms with E-state index >= 15 is 0 Å². The van der Waals surface area contributed by atoms with Gasteiger partial charge in [-0.1, -0.05) is 59.2 Å². The molecular formula is C27H30. The molecule has 0 bridgehead atoms. The predicted octanol–water partition coefficient (Wildman–Crippen LogP) is 5.50. The normalized spacial score (nSPS) is 12.7. The molecule has 0 aliphatic heterocycles. The largest absolute Gasteiger partial charge is 0.0587 e. The predicted molar refractivity (Wildman–Crippen MR) is 119 cm³/mol. The van der Waals surface area contributed by atoms with E-state index in [1.807, 2.05) is 0 Å². The van der Waals surface area contributed by atoms with E-state index in [9.17, 15) is 0 Å². The molecule has 3 aromatic rings. The highest BCUT2D eigenvalue weighted by Crippen LogP contribution is 2.18. The van der Waals surface area contributed by atoms with Crippen molar-refractivity contribution in [2.45, 2.75) is 48.5 Å². The van der Waals surface area contributed by atoms with E-state index in [1.165, 1.54) is 60.5 Å². The smallest absolute Gasteiger partial charge is 0.0175 e. The van der Waals surface area contributed by atoms with Crippen molar-refractivity contribution >= 4 is 12.2 Å². The Kier molecular flexibility index (Phi) is 5.37. The second-order valence-electron chi connectivity index (χ2n) is 8.05. The molecule has 0 aliphatic rings. The first-order valence-corrected chi connectivity index (χ1v) is 9.70. The van der Waals surface area contributed by atoms with Crippen molar-refractivity contribution in [1.82, 2.24) is 0 Å². The molecule has 0 fully saturated rings. The van der Waals surface area contributed by atoms with Gasteiger partial charge in [-0.15, -0.1) is 0 Å². The van der Waals surface area contributed by atoms with Crippen LogP contribution in [0.15, 0.2) is 42.5 Å². The summed E-state index contributed by atoms with van der Waals surface area (Å²) < 4.78 is 0. The van der Waals surface area contributed by atoms with Crippen molar-refractivity contribution in [3.63, 3.8) is 0 Å². The van der Waals surface area contributed by atoms with E-state index in [2.05, 4.69) is 103 Å². The lowest BCUT2D eigenvalue weighted by molar-refractivity contribution is 1.29. The number of benzene rings is 3. The zero-order valence-corrected chi connectivity index (χ0v) is 17.7. The minimum absolute atomic E-state index is 1.27. The quantitative estimate of drug-likeness (QED) is 0.570. The average Bonchev–Trinajstić information content (AvgIpc) is 2.55. The Morgan fingerprint density at radius 1 is 0.444 bits per heavy atom. The number of hydrogen-bond acceptors (Lipinski definition) is 0. The van der Waals surface area contributed by atoms with Crippen LogP contribution in [0.4, 0.5) is 0 Å². The molecule has 0 heterocycles. The molecule has 0 saturated heterocycles. The molecule has 27 heavy (non-hydrogen) atoms. The minimum atomic E-state index is 1.27. The fraction of sp³-hybridized carbons (Fsp3) is 0.259. The van der Waals surface area contributed by atoms with Crippen LogP contribution in [0.5, 0.6) is 0 Å². The molecule has 0 nitrogen and oxygen atoms in total. The van der Waals surface area contributed by atoms with Crippen LogP contribution in [-0.2, 0) is 0 Å². The summed E-state index contributed by atoms with van der Waals surface area (Å²) in [6.07, 6.45) is 4.69. The standard InChI is InChI=1S/C27H30/c1-17-8-9-24(15-26-20(4)10-18(2)11-21(26)5)25(14-17)16-27-22(6)12-19(3)13-23(27)7/h8-16H,1-7H3. The van der Waals surface area contributed by atoms with Gasteiger partial charge in [0, 0.05) is 0 Å². The Hall–Kier alpha value is -2.60. The van der Waals surface area contributed by atoms with Crippen molar-refractivity contribution in [2.75, 3.05) is 0 Å². The zero-order chi connectivity index (χ0) is 19.7. The van der Waals surface area contributed by atoms with Gasteiger partial charge >= 0.3 is 0 Å². The van der Waals surface area contributed by atoms with Gasteiger partial charge in [0.05, 0.1) is 0 Å². The van der Waals surface area contributed by atoms with Crippen LogP contribution in [0.1, 0.15) is 50.1 Å². The maximum Gasteiger partial charge on any atom is -0.0175 e. The van der Waals surface area contributed by atoms with Crippen LogP contribution in [0, 0.1) is 48.5 Å². The Morgan fingerprint density at radius 3 is 1.30 bits per heavy atom. The lowest BCUT2D eigenvalue weighted by Crippen LogP contribution is -2.25. The monoisotopic (exact) mass is 354 g/mol. The second-order valence-corrected chi connectivity index (χ2v) is 8.05. The Morgan fingerprint density at radius 2 is 0.852 bits per heavy atom. The summed E-state index contributed by atoms with van der Waals surface area (Å²) in [6, 6.07) is 15.8. The summed E-state index contributed by atoms with van der Waals surface area (Å²) >= 11 is 0. The van der Waals surface area contributed by atoms with E-state index < -0.39 is 0 Å². The topological polar surface area (TPSA) is 0 Å². The summed E-state index contributed by atoms with van der Waals surface area (Å²) in [7, 11) is 0. The molecule has 138 valence electrons. The Labute approximate surface area is 163 Å². The third kappa shape index (κ3) is 4.22. The number of rotatable bonds is 2. The third-order valence-electron chi connectivity index (χ3n) is 5.32. The Balaban J connectivity index is 2.31. The highest BCUT2D eigenvalue weighted by molar-refractivity contribution is 5.62. The van der Waals surface area contributed by atoms with Gasteiger partial charge in [-0.25, -0.2) is 0 Å². The summed E-state index contributed by atoms with van der Waals surface area (Å²) in [5, 5.41) is 2.56. The molecule has 0 saturated carbocycles. The van der Waals surface area contributed by atoms with Crippen LogP contribution in [0.2, 0.25) is 0 Å². The molecule has 0 unspecified atom stereocenters. The minimum Gasteiger partial charge on any atom is -0.0587 e. The molecule has 0 aromatic heterocycles. The van der Waals surface area contributed by atoms with Crippen LogP contribution < -0.4 is 10.4 Å². The number of aryl methyl sites for hydroxylation is 7. The molecule has 3 aromatic carbocycles. The van der Waals surface area contributed by atoms with Gasteiger partial charge in [-0.3, -0.25) is 0 Å². The first-order valence-electron chi connectivity index (χ1n) is 9.70. The van der Waals surface area contributed by atoms with Gasteiger partial charge < -0.3 is 0 Å². The molecular weight excluding hydrogens is 324 g/mol. The van der Waals surface area contributed by atoms with Gasteiger partial charge in [0.15, 0.2) is 0 Å². The van der Waals surface area contributed by atoms with Gasteiger partial charge in [0.25, 0.3) is 0 Å². The highest BCUT2D eigenvalue weighted by atomic mass is 14.1. The van der Waals surface area contributed by atoms with Crippen molar-refractivity contribution in [2.24, 2.45) is 0 Å².